The molecule has 2 N–H and O–H groups in total. The summed E-state index contributed by atoms with van der Waals surface area (Å²) in [7, 11) is 0. The zero-order valence-electron chi connectivity index (χ0n) is 12.7. The summed E-state index contributed by atoms with van der Waals surface area (Å²) in [6.45, 7) is 7.18. The highest BCUT2D eigenvalue weighted by molar-refractivity contribution is 6.30. The molecule has 0 aliphatic heterocycles. The molecule has 1 fully saturated rings. The van der Waals surface area contributed by atoms with Crippen molar-refractivity contribution in [2.75, 3.05) is 6.54 Å². The molecule has 0 heterocycles. The number of hydrogen-bond donors (Lipinski definition) is 2. The third-order valence-electron chi connectivity index (χ3n) is 3.95. The number of aliphatic hydroxyl groups is 1. The second-order valence-corrected chi connectivity index (χ2v) is 7.68. The molecule has 2 nitrogen and oxygen atoms in total. The molecule has 20 heavy (non-hydrogen) atoms. The van der Waals surface area contributed by atoms with E-state index in [0.717, 1.165) is 24.3 Å². The van der Waals surface area contributed by atoms with Crippen LogP contribution >= 0.6 is 11.6 Å². The molecule has 1 aromatic carbocycles. The van der Waals surface area contributed by atoms with Gasteiger partial charge >= 0.3 is 0 Å². The molecule has 0 amide bonds. The molecular formula is C17H26ClNO. The SMILES string of the molecule is CC(C)(C)CC(O)CNC1CC(c2cccc(Cl)c2)C1. The minimum atomic E-state index is -0.250. The van der Waals surface area contributed by atoms with Crippen LogP contribution in [0.4, 0.5) is 0 Å². The first-order chi connectivity index (χ1) is 9.33. The van der Waals surface area contributed by atoms with Crippen LogP contribution in [-0.4, -0.2) is 23.8 Å². The van der Waals surface area contributed by atoms with Crippen LogP contribution in [-0.2, 0) is 0 Å². The van der Waals surface area contributed by atoms with Gasteiger partial charge in [-0.15, -0.1) is 0 Å². The minimum Gasteiger partial charge on any atom is -0.392 e. The number of benzene rings is 1. The summed E-state index contributed by atoms with van der Waals surface area (Å²) >= 11 is 6.02. The average molecular weight is 296 g/mol. The van der Waals surface area contributed by atoms with E-state index in [1.807, 2.05) is 12.1 Å². The van der Waals surface area contributed by atoms with E-state index in [-0.39, 0.29) is 11.5 Å². The van der Waals surface area contributed by atoms with Crippen molar-refractivity contribution in [3.05, 3.63) is 34.9 Å². The number of hydrogen-bond acceptors (Lipinski definition) is 2. The van der Waals surface area contributed by atoms with Gasteiger partial charge in [0.2, 0.25) is 0 Å². The maximum Gasteiger partial charge on any atom is 0.0669 e. The van der Waals surface area contributed by atoms with Gasteiger partial charge in [0.1, 0.15) is 0 Å². The first-order valence-electron chi connectivity index (χ1n) is 7.50. The van der Waals surface area contributed by atoms with Gasteiger partial charge in [-0.05, 0) is 48.3 Å². The first kappa shape index (κ1) is 15.8. The third-order valence-corrected chi connectivity index (χ3v) is 4.18. The van der Waals surface area contributed by atoms with E-state index in [4.69, 9.17) is 11.6 Å². The normalized spacial score (nSPS) is 24.2. The topological polar surface area (TPSA) is 32.3 Å². The van der Waals surface area contributed by atoms with Crippen LogP contribution in [0.25, 0.3) is 0 Å². The van der Waals surface area contributed by atoms with Crippen molar-refractivity contribution in [3.63, 3.8) is 0 Å². The summed E-state index contributed by atoms with van der Waals surface area (Å²) in [5, 5.41) is 14.3. The van der Waals surface area contributed by atoms with Gasteiger partial charge in [-0.1, -0.05) is 44.5 Å². The van der Waals surface area contributed by atoms with Crippen LogP contribution in [0.2, 0.25) is 5.02 Å². The summed E-state index contributed by atoms with van der Waals surface area (Å²) in [5.74, 6) is 0.617. The van der Waals surface area contributed by atoms with Crippen molar-refractivity contribution in [1.29, 1.82) is 0 Å². The summed E-state index contributed by atoms with van der Waals surface area (Å²) in [6, 6.07) is 8.69. The molecule has 1 aromatic rings. The lowest BCUT2D eigenvalue weighted by Crippen LogP contribution is -2.44. The summed E-state index contributed by atoms with van der Waals surface area (Å²) in [5.41, 5.74) is 1.52. The molecule has 112 valence electrons. The quantitative estimate of drug-likeness (QED) is 0.861. The second kappa shape index (κ2) is 6.46. The number of aliphatic hydroxyl groups excluding tert-OH is 1. The Labute approximate surface area is 127 Å². The standard InChI is InChI=1S/C17H26ClNO/c1-17(2,3)10-16(20)11-19-15-8-13(9-15)12-5-4-6-14(18)7-12/h4-7,13,15-16,19-20H,8-11H2,1-3H3. The van der Waals surface area contributed by atoms with Crippen LogP contribution in [0.15, 0.2) is 24.3 Å². The fourth-order valence-electron chi connectivity index (χ4n) is 2.90. The average Bonchev–Trinajstić information content (AvgIpc) is 2.24. The number of rotatable bonds is 5. The Morgan fingerprint density at radius 1 is 1.35 bits per heavy atom. The molecule has 1 aliphatic rings. The fraction of sp³-hybridized carbons (Fsp3) is 0.647. The lowest BCUT2D eigenvalue weighted by molar-refractivity contribution is 0.110. The highest BCUT2D eigenvalue weighted by Crippen LogP contribution is 2.37. The summed E-state index contributed by atoms with van der Waals surface area (Å²) < 4.78 is 0. The smallest absolute Gasteiger partial charge is 0.0669 e. The molecule has 0 bridgehead atoms. The lowest BCUT2D eigenvalue weighted by Gasteiger charge is -2.37. The van der Waals surface area contributed by atoms with Gasteiger partial charge in [0.15, 0.2) is 0 Å². The molecule has 0 radical (unpaired) electrons. The molecule has 1 saturated carbocycles. The van der Waals surface area contributed by atoms with E-state index < -0.39 is 0 Å². The first-order valence-corrected chi connectivity index (χ1v) is 7.88. The molecule has 2 rings (SSSR count). The monoisotopic (exact) mass is 295 g/mol. The van der Waals surface area contributed by atoms with Crippen LogP contribution in [0.1, 0.15) is 51.5 Å². The maximum atomic E-state index is 9.99. The van der Waals surface area contributed by atoms with Crippen LogP contribution in [0, 0.1) is 5.41 Å². The van der Waals surface area contributed by atoms with E-state index in [2.05, 4.69) is 38.2 Å². The van der Waals surface area contributed by atoms with Gasteiger partial charge in [0.25, 0.3) is 0 Å². The van der Waals surface area contributed by atoms with E-state index >= 15 is 0 Å². The van der Waals surface area contributed by atoms with E-state index in [0.29, 0.717) is 18.5 Å². The molecule has 0 spiro atoms. The number of halogens is 1. The maximum absolute atomic E-state index is 9.99. The number of nitrogens with one attached hydrogen (secondary N) is 1. The van der Waals surface area contributed by atoms with Gasteiger partial charge in [-0.3, -0.25) is 0 Å². The van der Waals surface area contributed by atoms with Crippen molar-refractivity contribution in [2.45, 2.75) is 58.1 Å². The molecule has 0 aromatic heterocycles. The molecule has 1 aliphatic carbocycles. The highest BCUT2D eigenvalue weighted by atomic mass is 35.5. The Morgan fingerprint density at radius 2 is 2.05 bits per heavy atom. The third kappa shape index (κ3) is 4.76. The zero-order chi connectivity index (χ0) is 14.8. The fourth-order valence-corrected chi connectivity index (χ4v) is 3.10. The Morgan fingerprint density at radius 3 is 2.65 bits per heavy atom. The van der Waals surface area contributed by atoms with Crippen molar-refractivity contribution in [2.24, 2.45) is 5.41 Å². The molecule has 1 unspecified atom stereocenters. The van der Waals surface area contributed by atoms with E-state index in [1.165, 1.54) is 5.56 Å². The van der Waals surface area contributed by atoms with Gasteiger partial charge in [0, 0.05) is 17.6 Å². The molecule has 0 saturated heterocycles. The van der Waals surface area contributed by atoms with Crippen molar-refractivity contribution in [1.82, 2.24) is 5.32 Å². The Hall–Kier alpha value is -0.570. The molecular weight excluding hydrogens is 270 g/mol. The zero-order valence-corrected chi connectivity index (χ0v) is 13.5. The van der Waals surface area contributed by atoms with Crippen LogP contribution < -0.4 is 5.32 Å². The lowest BCUT2D eigenvalue weighted by atomic mass is 9.76. The van der Waals surface area contributed by atoms with Gasteiger partial charge < -0.3 is 10.4 Å². The second-order valence-electron chi connectivity index (χ2n) is 7.25. The van der Waals surface area contributed by atoms with Gasteiger partial charge in [-0.2, -0.15) is 0 Å². The Kier molecular flexibility index (Phi) is 5.11. The van der Waals surface area contributed by atoms with Gasteiger partial charge in [-0.25, -0.2) is 0 Å². The predicted molar refractivity (Wildman–Crippen MR) is 85.3 cm³/mol. The van der Waals surface area contributed by atoms with E-state index in [9.17, 15) is 5.11 Å². The van der Waals surface area contributed by atoms with E-state index in [1.54, 1.807) is 0 Å². The highest BCUT2D eigenvalue weighted by Gasteiger charge is 2.30. The minimum absolute atomic E-state index is 0.185. The van der Waals surface area contributed by atoms with Crippen molar-refractivity contribution < 1.29 is 5.11 Å². The van der Waals surface area contributed by atoms with Crippen LogP contribution in [0.5, 0.6) is 0 Å². The molecule has 3 heteroatoms. The van der Waals surface area contributed by atoms with Crippen LogP contribution in [0.3, 0.4) is 0 Å². The summed E-state index contributed by atoms with van der Waals surface area (Å²) in [4.78, 5) is 0. The Bertz CT molecular complexity index is 435. The van der Waals surface area contributed by atoms with Gasteiger partial charge in [0.05, 0.1) is 6.10 Å². The summed E-state index contributed by atoms with van der Waals surface area (Å²) in [6.07, 6.45) is 2.87. The largest absolute Gasteiger partial charge is 0.392 e. The van der Waals surface area contributed by atoms with Crippen molar-refractivity contribution >= 4 is 11.6 Å². The van der Waals surface area contributed by atoms with Crippen molar-refractivity contribution in [3.8, 4) is 0 Å². The Balaban J connectivity index is 1.69. The molecule has 1 atom stereocenters. The predicted octanol–water partition coefficient (Wildman–Crippen LogP) is 3.97.